The van der Waals surface area contributed by atoms with Crippen LogP contribution >= 0.6 is 0 Å². The largest absolute Gasteiger partial charge is 0.464 e. The summed E-state index contributed by atoms with van der Waals surface area (Å²) >= 11 is 0. The molecule has 0 bridgehead atoms. The number of carbonyl (C=O) groups excluding carboxylic acids is 1. The van der Waals surface area contributed by atoms with E-state index in [9.17, 15) is 4.79 Å². The molecule has 0 radical (unpaired) electrons. The predicted octanol–water partition coefficient (Wildman–Crippen LogP) is 2.05. The molecule has 0 fully saturated rings. The molecule has 1 atom stereocenters. The molecular formula is C10H19NO2. The van der Waals surface area contributed by atoms with Gasteiger partial charge in [0.1, 0.15) is 6.04 Å². The molecule has 3 nitrogen and oxygen atoms in total. The first-order valence-electron chi connectivity index (χ1n) is 4.78. The van der Waals surface area contributed by atoms with E-state index in [1.807, 2.05) is 0 Å². The maximum absolute atomic E-state index is 11.2. The van der Waals surface area contributed by atoms with E-state index in [0.29, 0.717) is 12.5 Å². The van der Waals surface area contributed by atoms with Crippen LogP contribution in [0.5, 0.6) is 0 Å². The maximum Gasteiger partial charge on any atom is 0.330 e. The lowest BCUT2D eigenvalue weighted by Gasteiger charge is -2.13. The molecule has 0 heterocycles. The molecule has 0 rings (SSSR count). The van der Waals surface area contributed by atoms with Crippen LogP contribution in [0.25, 0.3) is 0 Å². The van der Waals surface area contributed by atoms with E-state index in [0.717, 1.165) is 12.8 Å². The second-order valence-corrected chi connectivity index (χ2v) is 3.17. The summed E-state index contributed by atoms with van der Waals surface area (Å²) in [7, 11) is 0. The highest BCUT2D eigenvalue weighted by molar-refractivity contribution is 5.76. The van der Waals surface area contributed by atoms with Crippen molar-refractivity contribution < 1.29 is 9.53 Å². The van der Waals surface area contributed by atoms with Crippen LogP contribution in [0, 0.1) is 5.92 Å². The van der Waals surface area contributed by atoms with Crippen molar-refractivity contribution in [3.05, 3.63) is 0 Å². The maximum atomic E-state index is 11.2. The van der Waals surface area contributed by atoms with Crippen LogP contribution in [0.4, 0.5) is 0 Å². The van der Waals surface area contributed by atoms with Gasteiger partial charge >= 0.3 is 5.97 Å². The van der Waals surface area contributed by atoms with Crippen LogP contribution < -0.4 is 0 Å². The van der Waals surface area contributed by atoms with Gasteiger partial charge in [0, 0.05) is 0 Å². The zero-order chi connectivity index (χ0) is 10.3. The average molecular weight is 185 g/mol. The van der Waals surface area contributed by atoms with Gasteiger partial charge in [-0.2, -0.15) is 0 Å². The summed E-state index contributed by atoms with van der Waals surface area (Å²) in [6, 6.07) is -0.436. The molecule has 0 spiro atoms. The lowest BCUT2D eigenvalue weighted by Crippen LogP contribution is -2.21. The fraction of sp³-hybridized carbons (Fsp3) is 0.800. The minimum atomic E-state index is -0.436. The summed E-state index contributed by atoms with van der Waals surface area (Å²) in [6.07, 6.45) is 2.08. The lowest BCUT2D eigenvalue weighted by molar-refractivity contribution is -0.146. The van der Waals surface area contributed by atoms with E-state index in [2.05, 4.69) is 25.6 Å². The number of ether oxygens (including phenoxy) is 1. The molecule has 13 heavy (non-hydrogen) atoms. The summed E-state index contributed by atoms with van der Waals surface area (Å²) in [6.45, 7) is 9.68. The topological polar surface area (TPSA) is 38.7 Å². The van der Waals surface area contributed by atoms with Crippen molar-refractivity contribution in [2.45, 2.75) is 39.7 Å². The number of carbonyl (C=O) groups is 1. The van der Waals surface area contributed by atoms with E-state index < -0.39 is 6.04 Å². The summed E-state index contributed by atoms with van der Waals surface area (Å²) in [5.41, 5.74) is 0. The molecule has 0 aromatic carbocycles. The fourth-order valence-electron chi connectivity index (χ4n) is 0.919. The third-order valence-electron chi connectivity index (χ3n) is 2.23. The predicted molar refractivity (Wildman–Crippen MR) is 54.0 cm³/mol. The van der Waals surface area contributed by atoms with Gasteiger partial charge in [0.15, 0.2) is 0 Å². The molecular weight excluding hydrogens is 166 g/mol. The molecule has 0 aromatic rings. The molecule has 0 amide bonds. The van der Waals surface area contributed by atoms with Crippen LogP contribution in [0.2, 0.25) is 0 Å². The first-order chi connectivity index (χ1) is 6.15. The highest BCUT2D eigenvalue weighted by Crippen LogP contribution is 2.08. The van der Waals surface area contributed by atoms with Crippen LogP contribution in [0.3, 0.4) is 0 Å². The highest BCUT2D eigenvalue weighted by Gasteiger charge is 2.13. The molecule has 3 heteroatoms. The summed E-state index contributed by atoms with van der Waals surface area (Å²) in [4.78, 5) is 14.7. The summed E-state index contributed by atoms with van der Waals surface area (Å²) < 4.78 is 5.07. The molecule has 76 valence electrons. The van der Waals surface area contributed by atoms with Crippen LogP contribution in [-0.4, -0.2) is 25.3 Å². The smallest absolute Gasteiger partial charge is 0.330 e. The minimum absolute atomic E-state index is 0.276. The van der Waals surface area contributed by atoms with Gasteiger partial charge in [0.2, 0.25) is 0 Å². The number of hydrogen-bond donors (Lipinski definition) is 0. The van der Waals surface area contributed by atoms with Crippen molar-refractivity contribution in [3.63, 3.8) is 0 Å². The van der Waals surface area contributed by atoms with Crippen LogP contribution in [0.15, 0.2) is 4.99 Å². The quantitative estimate of drug-likeness (QED) is 0.469. The Morgan fingerprint density at radius 3 is 2.38 bits per heavy atom. The summed E-state index contributed by atoms with van der Waals surface area (Å²) in [5, 5.41) is 0. The Kier molecular flexibility index (Phi) is 6.20. The van der Waals surface area contributed by atoms with Crippen molar-refractivity contribution in [2.75, 3.05) is 6.61 Å². The number of hydrogen-bond acceptors (Lipinski definition) is 3. The molecule has 0 aliphatic heterocycles. The first-order valence-corrected chi connectivity index (χ1v) is 4.78. The number of esters is 1. The van der Waals surface area contributed by atoms with Gasteiger partial charge in [-0.15, -0.1) is 0 Å². The molecule has 0 aliphatic carbocycles. The van der Waals surface area contributed by atoms with Gasteiger partial charge in [-0.3, -0.25) is 4.99 Å². The molecule has 0 unspecified atom stereocenters. The number of aliphatic imine (C=N–C) groups is 1. The first kappa shape index (κ1) is 12.1. The zero-order valence-corrected chi connectivity index (χ0v) is 8.75. The van der Waals surface area contributed by atoms with Crippen molar-refractivity contribution in [1.82, 2.24) is 0 Å². The number of nitrogens with zero attached hydrogens (tertiary/aromatic N) is 1. The van der Waals surface area contributed by atoms with Crippen LogP contribution in [-0.2, 0) is 9.53 Å². The Labute approximate surface area is 80.2 Å². The van der Waals surface area contributed by atoms with E-state index in [4.69, 9.17) is 4.74 Å². The van der Waals surface area contributed by atoms with Crippen LogP contribution in [0.1, 0.15) is 33.6 Å². The van der Waals surface area contributed by atoms with E-state index in [1.54, 1.807) is 6.92 Å². The van der Waals surface area contributed by atoms with Gasteiger partial charge in [-0.05, 0) is 19.6 Å². The van der Waals surface area contributed by atoms with Gasteiger partial charge in [0.25, 0.3) is 0 Å². The Hall–Kier alpha value is -0.860. The van der Waals surface area contributed by atoms with Crippen molar-refractivity contribution in [3.8, 4) is 0 Å². The third kappa shape index (κ3) is 4.65. The highest BCUT2D eigenvalue weighted by atomic mass is 16.5. The van der Waals surface area contributed by atoms with Crippen molar-refractivity contribution in [2.24, 2.45) is 10.9 Å². The fourth-order valence-corrected chi connectivity index (χ4v) is 0.919. The van der Waals surface area contributed by atoms with Crippen molar-refractivity contribution in [1.29, 1.82) is 0 Å². The van der Waals surface area contributed by atoms with Gasteiger partial charge in [-0.1, -0.05) is 26.7 Å². The van der Waals surface area contributed by atoms with Gasteiger partial charge < -0.3 is 4.74 Å². The SMILES string of the molecule is C=N[C@@H](C)C(=O)OCC(CC)CC. The Bertz CT molecular complexity index is 164. The molecule has 0 saturated heterocycles. The standard InChI is InChI=1S/C10H19NO2/c1-5-9(6-2)7-13-10(12)8(3)11-4/h8-9H,4-7H2,1-3H3/t8-/m0/s1. The van der Waals surface area contributed by atoms with Crippen molar-refractivity contribution >= 4 is 12.7 Å². The zero-order valence-electron chi connectivity index (χ0n) is 8.75. The van der Waals surface area contributed by atoms with E-state index in [-0.39, 0.29) is 5.97 Å². The van der Waals surface area contributed by atoms with Gasteiger partial charge in [0.05, 0.1) is 6.61 Å². The second kappa shape index (κ2) is 6.63. The molecule has 0 N–H and O–H groups in total. The van der Waals surface area contributed by atoms with E-state index in [1.165, 1.54) is 0 Å². The molecule has 0 aliphatic rings. The number of rotatable bonds is 6. The Morgan fingerprint density at radius 2 is 2.00 bits per heavy atom. The monoisotopic (exact) mass is 185 g/mol. The Balaban J connectivity index is 3.74. The Morgan fingerprint density at radius 1 is 1.46 bits per heavy atom. The second-order valence-electron chi connectivity index (χ2n) is 3.17. The third-order valence-corrected chi connectivity index (χ3v) is 2.23. The van der Waals surface area contributed by atoms with Gasteiger partial charge in [-0.25, -0.2) is 4.79 Å². The lowest BCUT2D eigenvalue weighted by atomic mass is 10.1. The molecule has 0 aromatic heterocycles. The van der Waals surface area contributed by atoms with E-state index >= 15 is 0 Å². The average Bonchev–Trinajstić information content (AvgIpc) is 2.17. The molecule has 0 saturated carbocycles. The summed E-state index contributed by atoms with van der Waals surface area (Å²) in [5.74, 6) is 0.197. The normalized spacial score (nSPS) is 12.6. The minimum Gasteiger partial charge on any atom is -0.464 e.